The highest BCUT2D eigenvalue weighted by Crippen LogP contribution is 2.64. The van der Waals surface area contributed by atoms with Gasteiger partial charge in [-0.25, -0.2) is 4.79 Å². The number of cyclic esters (lactones) is 1. The molecule has 0 saturated carbocycles. The van der Waals surface area contributed by atoms with Crippen molar-refractivity contribution in [3.63, 3.8) is 0 Å². The second-order valence-corrected chi connectivity index (χ2v) is 13.4. The van der Waals surface area contributed by atoms with E-state index in [0.717, 1.165) is 11.1 Å². The van der Waals surface area contributed by atoms with Crippen LogP contribution in [0.2, 0.25) is 0 Å². The predicted molar refractivity (Wildman–Crippen MR) is 158 cm³/mol. The molecule has 2 aromatic rings. The molecule has 12 nitrogen and oxygen atoms in total. The van der Waals surface area contributed by atoms with Gasteiger partial charge >= 0.3 is 5.97 Å². The molecule has 2 saturated heterocycles. The Kier molecular flexibility index (Phi) is 6.62. The summed E-state index contributed by atoms with van der Waals surface area (Å²) in [5, 5.41) is 36.9. The van der Waals surface area contributed by atoms with Gasteiger partial charge in [-0.2, -0.15) is 5.26 Å². The smallest absolute Gasteiger partial charge is 0.329 e. The van der Waals surface area contributed by atoms with E-state index in [1.807, 2.05) is 20.0 Å². The summed E-state index contributed by atoms with van der Waals surface area (Å²) in [6.45, 7) is 5.15. The number of nitrogens with one attached hydrogen (secondary N) is 1. The first kappa shape index (κ1) is 28.9. The number of carbonyl (C=O) groups excluding carboxylic acids is 2. The van der Waals surface area contributed by atoms with Gasteiger partial charge in [0.15, 0.2) is 23.0 Å². The number of fused-ring (bicyclic) bond motifs is 6. The van der Waals surface area contributed by atoms with Crippen LogP contribution in [0, 0.1) is 25.2 Å². The summed E-state index contributed by atoms with van der Waals surface area (Å²) in [4.78, 5) is 29.6. The topological polar surface area (TPSA) is 154 Å². The number of methoxy groups -OCH3 is 1. The van der Waals surface area contributed by atoms with Gasteiger partial charge in [-0.1, -0.05) is 6.07 Å². The minimum atomic E-state index is -1.11. The number of nitriles is 1. The number of likely N-dealkylation sites (N-methyl/N-ethyl adjacent to an activating group) is 1. The standard InChI is InChI=1S/C31H34N4O8S/c1-13-6-16-7-31(10-32)11-34(4)22(19(16)25(38)26(13)40-5)23-29-21-20(28-27(42-12-43-28)14(2)24(21)37)18(35(23)31)8-41-30(39)17(9-44-29)33-15(3)36/h6,17-18,22-23,29,37-38H,7-9,11-12H2,1-5H3,(H,33,36)/t17-,18?,22+,23?,29+,31-/m0/s1. The number of thioether (sulfide) groups is 1. The maximum Gasteiger partial charge on any atom is 0.329 e. The Morgan fingerprint density at radius 2 is 1.93 bits per heavy atom. The monoisotopic (exact) mass is 622 g/mol. The van der Waals surface area contributed by atoms with E-state index >= 15 is 0 Å². The van der Waals surface area contributed by atoms with Crippen LogP contribution in [-0.4, -0.2) is 89.4 Å². The minimum Gasteiger partial charge on any atom is -0.507 e. The summed E-state index contributed by atoms with van der Waals surface area (Å²) < 4.78 is 23.4. The predicted octanol–water partition coefficient (Wildman–Crippen LogP) is 2.52. The van der Waals surface area contributed by atoms with E-state index < -0.39 is 40.9 Å². The van der Waals surface area contributed by atoms with Gasteiger partial charge in [0.25, 0.3) is 0 Å². The molecule has 13 heteroatoms. The fourth-order valence-electron chi connectivity index (χ4n) is 8.16. The summed E-state index contributed by atoms with van der Waals surface area (Å²) in [5.41, 5.74) is 2.95. The summed E-state index contributed by atoms with van der Waals surface area (Å²) in [5.74, 6) is 0.563. The molecule has 0 radical (unpaired) electrons. The van der Waals surface area contributed by atoms with Gasteiger partial charge in [-0.15, -0.1) is 11.8 Å². The van der Waals surface area contributed by atoms with Gasteiger partial charge in [0.2, 0.25) is 12.7 Å². The Bertz CT molecular complexity index is 1660. The van der Waals surface area contributed by atoms with Gasteiger partial charge in [0.1, 0.15) is 23.9 Å². The molecule has 2 aromatic carbocycles. The number of hydrogen-bond acceptors (Lipinski definition) is 12. The number of hydrogen-bond donors (Lipinski definition) is 3. The number of esters is 1. The molecular formula is C31H34N4O8S. The van der Waals surface area contributed by atoms with Crippen molar-refractivity contribution in [2.45, 2.75) is 62.1 Å². The van der Waals surface area contributed by atoms with E-state index in [1.165, 1.54) is 25.8 Å². The molecule has 6 heterocycles. The van der Waals surface area contributed by atoms with Crippen LogP contribution < -0.4 is 19.5 Å². The molecule has 6 aliphatic rings. The zero-order chi connectivity index (χ0) is 31.2. The van der Waals surface area contributed by atoms with Crippen molar-refractivity contribution in [1.82, 2.24) is 15.1 Å². The number of ether oxygens (including phenoxy) is 4. The molecule has 0 aliphatic carbocycles. The van der Waals surface area contributed by atoms with Crippen molar-refractivity contribution in [2.75, 3.05) is 39.9 Å². The van der Waals surface area contributed by atoms with E-state index in [1.54, 1.807) is 6.92 Å². The van der Waals surface area contributed by atoms with Gasteiger partial charge in [0.05, 0.1) is 30.5 Å². The third kappa shape index (κ3) is 3.83. The third-order valence-electron chi connectivity index (χ3n) is 9.73. The van der Waals surface area contributed by atoms with Crippen LogP contribution in [0.5, 0.6) is 28.7 Å². The van der Waals surface area contributed by atoms with Gasteiger partial charge < -0.3 is 34.5 Å². The number of carbonyl (C=O) groups is 2. The lowest BCUT2D eigenvalue weighted by molar-refractivity contribution is -0.153. The third-order valence-corrected chi connectivity index (χ3v) is 11.1. The van der Waals surface area contributed by atoms with E-state index in [-0.39, 0.29) is 36.6 Å². The van der Waals surface area contributed by atoms with Crippen molar-refractivity contribution >= 4 is 23.6 Å². The maximum atomic E-state index is 13.3. The Hall–Kier alpha value is -3.86. The van der Waals surface area contributed by atoms with Crippen LogP contribution in [-0.2, 0) is 20.7 Å². The van der Waals surface area contributed by atoms with Crippen molar-refractivity contribution in [3.8, 4) is 34.8 Å². The molecule has 8 rings (SSSR count). The quantitative estimate of drug-likeness (QED) is 0.422. The Morgan fingerprint density at radius 1 is 1.18 bits per heavy atom. The summed E-state index contributed by atoms with van der Waals surface area (Å²) >= 11 is 1.40. The molecule has 2 fully saturated rings. The fourth-order valence-corrected chi connectivity index (χ4v) is 9.66. The number of nitrogens with zero attached hydrogens (tertiary/aromatic N) is 3. The number of rotatable bonds is 2. The van der Waals surface area contributed by atoms with E-state index in [0.29, 0.717) is 52.5 Å². The van der Waals surface area contributed by atoms with E-state index in [4.69, 9.17) is 18.9 Å². The SMILES string of the molecule is COc1c(C)cc2c(c1O)[C@@H]1C3[C@@H]4SC[C@H](NC(C)=O)C(=O)OCC(c5c6c(c(C)c(O)c54)OCO6)N3[C@](C#N)(C2)CN1C. The Balaban J connectivity index is 1.54. The van der Waals surface area contributed by atoms with Gasteiger partial charge in [-0.3, -0.25) is 14.6 Å². The van der Waals surface area contributed by atoms with E-state index in [2.05, 4.69) is 21.2 Å². The van der Waals surface area contributed by atoms with Crippen LogP contribution in [0.25, 0.3) is 0 Å². The zero-order valence-corrected chi connectivity index (χ0v) is 25.9. The summed E-state index contributed by atoms with van der Waals surface area (Å²) in [6.07, 6.45) is 0.303. The lowest BCUT2D eigenvalue weighted by Gasteiger charge is -2.60. The number of amides is 1. The number of piperazine rings is 1. The molecule has 0 spiro atoms. The van der Waals surface area contributed by atoms with Crippen molar-refractivity contribution in [1.29, 1.82) is 5.26 Å². The zero-order valence-electron chi connectivity index (χ0n) is 25.1. The average molecular weight is 623 g/mol. The number of phenolic OH excluding ortho intramolecular Hbond substituents is 2. The highest BCUT2D eigenvalue weighted by atomic mass is 32.2. The average Bonchev–Trinajstić information content (AvgIpc) is 3.38. The van der Waals surface area contributed by atoms with Crippen LogP contribution >= 0.6 is 11.8 Å². The fraction of sp³-hybridized carbons (Fsp3) is 0.516. The van der Waals surface area contributed by atoms with Crippen molar-refractivity contribution in [3.05, 3.63) is 39.4 Å². The molecule has 4 bridgehead atoms. The highest BCUT2D eigenvalue weighted by molar-refractivity contribution is 7.99. The van der Waals surface area contributed by atoms with Crippen LogP contribution in [0.4, 0.5) is 0 Å². The molecule has 6 aliphatic heterocycles. The Morgan fingerprint density at radius 3 is 2.64 bits per heavy atom. The summed E-state index contributed by atoms with van der Waals surface area (Å²) in [7, 11) is 3.46. The molecule has 7 atom stereocenters. The normalized spacial score (nSPS) is 31.6. The molecule has 44 heavy (non-hydrogen) atoms. The molecular weight excluding hydrogens is 588 g/mol. The Labute approximate surface area is 258 Å². The molecule has 3 N–H and O–H groups in total. The number of aromatic hydroxyl groups is 2. The van der Waals surface area contributed by atoms with Gasteiger partial charge in [0, 0.05) is 53.9 Å². The maximum absolute atomic E-state index is 13.3. The van der Waals surface area contributed by atoms with Crippen molar-refractivity contribution < 1.29 is 38.7 Å². The van der Waals surface area contributed by atoms with Crippen LogP contribution in [0.3, 0.4) is 0 Å². The molecule has 1 amide bonds. The first-order chi connectivity index (χ1) is 21.0. The van der Waals surface area contributed by atoms with Crippen molar-refractivity contribution in [2.24, 2.45) is 0 Å². The van der Waals surface area contributed by atoms with E-state index in [9.17, 15) is 25.1 Å². The molecule has 0 aromatic heterocycles. The lowest BCUT2D eigenvalue weighted by Crippen LogP contribution is -2.69. The first-order valence-corrected chi connectivity index (χ1v) is 15.6. The molecule has 232 valence electrons. The molecule has 3 unspecified atom stereocenters. The lowest BCUT2D eigenvalue weighted by atomic mass is 9.76. The number of aryl methyl sites for hydroxylation is 1. The largest absolute Gasteiger partial charge is 0.507 e. The first-order valence-electron chi connectivity index (χ1n) is 14.5. The second-order valence-electron chi connectivity index (χ2n) is 12.2. The van der Waals surface area contributed by atoms with Crippen LogP contribution in [0.15, 0.2) is 6.07 Å². The highest BCUT2D eigenvalue weighted by Gasteiger charge is 2.63. The second kappa shape index (κ2) is 10.1. The van der Waals surface area contributed by atoms with Gasteiger partial charge in [-0.05, 0) is 32.0 Å². The van der Waals surface area contributed by atoms with Crippen LogP contribution in [0.1, 0.15) is 57.6 Å². The number of benzene rings is 2. The summed E-state index contributed by atoms with van der Waals surface area (Å²) in [6, 6.07) is 2.10. The number of phenols is 2. The minimum absolute atomic E-state index is 0.0294.